The number of hydrogen-bond donors (Lipinski definition) is 1. The molecule has 0 spiro atoms. The van der Waals surface area contributed by atoms with E-state index in [0.29, 0.717) is 35.1 Å². The quantitative estimate of drug-likeness (QED) is 0.731. The number of nitriles is 1. The maximum Gasteiger partial charge on any atom is 0.274 e. The van der Waals surface area contributed by atoms with Gasteiger partial charge in [0.25, 0.3) is 5.91 Å². The second kappa shape index (κ2) is 7.61. The largest absolute Gasteiger partial charge is 0.383 e. The minimum Gasteiger partial charge on any atom is -0.383 e. The summed E-state index contributed by atoms with van der Waals surface area (Å²) >= 11 is 6.20. The van der Waals surface area contributed by atoms with Crippen LogP contribution in [0.2, 0.25) is 5.02 Å². The molecule has 1 N–H and O–H groups in total. The molecule has 6 heteroatoms. The first-order valence-electron chi connectivity index (χ1n) is 8.14. The number of H-pyrrole nitrogens is 1. The number of nitrogens with one attached hydrogen (secondary N) is 1. The fourth-order valence-electron chi connectivity index (χ4n) is 2.85. The average Bonchev–Trinajstić information content (AvgIpc) is 3.08. The van der Waals surface area contributed by atoms with Crippen LogP contribution in [0.1, 0.15) is 21.6 Å². The summed E-state index contributed by atoms with van der Waals surface area (Å²) in [4.78, 5) is 17.9. The van der Waals surface area contributed by atoms with Gasteiger partial charge in [-0.15, -0.1) is 0 Å². The highest BCUT2D eigenvalue weighted by Gasteiger charge is 2.20. The topological polar surface area (TPSA) is 69.1 Å². The zero-order chi connectivity index (χ0) is 18.7. The molecule has 0 fully saturated rings. The molecule has 0 saturated carbocycles. The normalized spacial score (nSPS) is 10.7. The number of nitrogens with zero attached hydrogens (tertiary/aromatic N) is 2. The number of aromatic amines is 1. The van der Waals surface area contributed by atoms with Crippen molar-refractivity contribution in [2.75, 3.05) is 25.2 Å². The molecule has 26 heavy (non-hydrogen) atoms. The first-order chi connectivity index (χ1) is 12.5. The molecule has 1 heterocycles. The molecule has 0 unspecified atom stereocenters. The molecule has 0 bridgehead atoms. The van der Waals surface area contributed by atoms with E-state index in [-0.39, 0.29) is 5.91 Å². The van der Waals surface area contributed by atoms with Crippen molar-refractivity contribution in [2.24, 2.45) is 0 Å². The molecular formula is C20H18ClN3O2. The Morgan fingerprint density at radius 2 is 2.12 bits per heavy atom. The standard InChI is InChI=1S/C20H18ClN3O2/c1-13-10-16(7-6-15(13)12-22)24(8-9-26-2)20(25)18-11-14-4-3-5-17(21)19(14)23-18/h3-7,10-11,23H,8-9H2,1-2H3. The van der Waals surface area contributed by atoms with Crippen LogP contribution in [-0.2, 0) is 4.74 Å². The van der Waals surface area contributed by atoms with Gasteiger partial charge in [0.2, 0.25) is 0 Å². The molecule has 3 aromatic rings. The van der Waals surface area contributed by atoms with Crippen LogP contribution in [-0.4, -0.2) is 31.2 Å². The van der Waals surface area contributed by atoms with Crippen LogP contribution in [0, 0.1) is 18.3 Å². The van der Waals surface area contributed by atoms with Crippen molar-refractivity contribution in [3.8, 4) is 6.07 Å². The summed E-state index contributed by atoms with van der Waals surface area (Å²) in [6, 6.07) is 14.8. The van der Waals surface area contributed by atoms with Crippen LogP contribution in [0.3, 0.4) is 0 Å². The Bertz CT molecular complexity index is 1000. The first-order valence-corrected chi connectivity index (χ1v) is 8.51. The second-order valence-corrected chi connectivity index (χ2v) is 6.35. The van der Waals surface area contributed by atoms with Crippen molar-refractivity contribution in [3.63, 3.8) is 0 Å². The number of benzene rings is 2. The molecule has 0 aliphatic rings. The van der Waals surface area contributed by atoms with Gasteiger partial charge in [-0.1, -0.05) is 23.7 Å². The third kappa shape index (κ3) is 3.43. The number of amides is 1. The lowest BCUT2D eigenvalue weighted by atomic mass is 10.1. The fraction of sp³-hybridized carbons (Fsp3) is 0.200. The highest BCUT2D eigenvalue weighted by Crippen LogP contribution is 2.26. The zero-order valence-electron chi connectivity index (χ0n) is 14.5. The number of halogens is 1. The van der Waals surface area contributed by atoms with Gasteiger partial charge >= 0.3 is 0 Å². The fourth-order valence-corrected chi connectivity index (χ4v) is 3.08. The van der Waals surface area contributed by atoms with Crippen LogP contribution in [0.4, 0.5) is 5.69 Å². The van der Waals surface area contributed by atoms with Gasteiger partial charge in [-0.3, -0.25) is 4.79 Å². The van der Waals surface area contributed by atoms with Crippen LogP contribution in [0.25, 0.3) is 10.9 Å². The van der Waals surface area contributed by atoms with Gasteiger partial charge in [0.1, 0.15) is 5.69 Å². The number of ether oxygens (including phenoxy) is 1. The van der Waals surface area contributed by atoms with Crippen molar-refractivity contribution < 1.29 is 9.53 Å². The van der Waals surface area contributed by atoms with E-state index in [2.05, 4.69) is 11.1 Å². The Hall–Kier alpha value is -2.81. The molecular weight excluding hydrogens is 350 g/mol. The highest BCUT2D eigenvalue weighted by molar-refractivity contribution is 6.35. The van der Waals surface area contributed by atoms with Gasteiger partial charge in [0.15, 0.2) is 0 Å². The molecule has 0 aliphatic heterocycles. The van der Waals surface area contributed by atoms with Gasteiger partial charge in [-0.05, 0) is 42.8 Å². The molecule has 5 nitrogen and oxygen atoms in total. The molecule has 1 amide bonds. The number of methoxy groups -OCH3 is 1. The van der Waals surface area contributed by atoms with E-state index in [4.69, 9.17) is 21.6 Å². The minimum absolute atomic E-state index is 0.182. The number of fused-ring (bicyclic) bond motifs is 1. The lowest BCUT2D eigenvalue weighted by molar-refractivity contribution is 0.0972. The summed E-state index contributed by atoms with van der Waals surface area (Å²) in [6.45, 7) is 2.64. The smallest absolute Gasteiger partial charge is 0.274 e. The van der Waals surface area contributed by atoms with E-state index in [1.807, 2.05) is 25.1 Å². The molecule has 2 aromatic carbocycles. The highest BCUT2D eigenvalue weighted by atomic mass is 35.5. The van der Waals surface area contributed by atoms with E-state index in [1.165, 1.54) is 0 Å². The molecule has 0 atom stereocenters. The molecule has 0 radical (unpaired) electrons. The van der Waals surface area contributed by atoms with Crippen molar-refractivity contribution in [2.45, 2.75) is 6.92 Å². The number of hydrogen-bond acceptors (Lipinski definition) is 3. The monoisotopic (exact) mass is 367 g/mol. The Kier molecular flexibility index (Phi) is 5.27. The minimum atomic E-state index is -0.182. The SMILES string of the molecule is COCCN(C(=O)c1cc2cccc(Cl)c2[nH]1)c1ccc(C#N)c(C)c1. The predicted octanol–water partition coefficient (Wildman–Crippen LogP) is 4.29. The summed E-state index contributed by atoms with van der Waals surface area (Å²) in [6.07, 6.45) is 0. The van der Waals surface area contributed by atoms with Gasteiger partial charge in [0.05, 0.1) is 28.8 Å². The lowest BCUT2D eigenvalue weighted by Gasteiger charge is -2.22. The third-order valence-corrected chi connectivity index (χ3v) is 4.56. The molecule has 1 aromatic heterocycles. The average molecular weight is 368 g/mol. The summed E-state index contributed by atoms with van der Waals surface area (Å²) in [5, 5.41) is 10.6. The summed E-state index contributed by atoms with van der Waals surface area (Å²) in [5.74, 6) is -0.182. The summed E-state index contributed by atoms with van der Waals surface area (Å²) in [5.41, 5.74) is 3.31. The van der Waals surface area contributed by atoms with Crippen LogP contribution < -0.4 is 4.90 Å². The van der Waals surface area contributed by atoms with Crippen LogP contribution >= 0.6 is 11.6 Å². The van der Waals surface area contributed by atoms with Crippen molar-refractivity contribution in [3.05, 3.63) is 64.3 Å². The number of para-hydroxylation sites is 1. The van der Waals surface area contributed by atoms with Crippen molar-refractivity contribution in [1.82, 2.24) is 4.98 Å². The number of aromatic nitrogens is 1. The Morgan fingerprint density at radius 1 is 1.31 bits per heavy atom. The van der Waals surface area contributed by atoms with Gasteiger partial charge in [-0.25, -0.2) is 0 Å². The second-order valence-electron chi connectivity index (χ2n) is 5.95. The Labute approximate surface area is 156 Å². The van der Waals surface area contributed by atoms with E-state index < -0.39 is 0 Å². The van der Waals surface area contributed by atoms with Crippen LogP contribution in [0.5, 0.6) is 0 Å². The Morgan fingerprint density at radius 3 is 2.77 bits per heavy atom. The van der Waals surface area contributed by atoms with E-state index >= 15 is 0 Å². The van der Waals surface area contributed by atoms with E-state index in [0.717, 1.165) is 16.5 Å². The number of rotatable bonds is 5. The summed E-state index contributed by atoms with van der Waals surface area (Å²) < 4.78 is 5.16. The first kappa shape index (κ1) is 18.0. The third-order valence-electron chi connectivity index (χ3n) is 4.24. The lowest BCUT2D eigenvalue weighted by Crippen LogP contribution is -2.34. The molecule has 3 rings (SSSR count). The van der Waals surface area contributed by atoms with Crippen LogP contribution in [0.15, 0.2) is 42.5 Å². The number of carbonyl (C=O) groups excluding carboxylic acids is 1. The predicted molar refractivity (Wildman–Crippen MR) is 103 cm³/mol. The number of aryl methyl sites for hydroxylation is 1. The maximum atomic E-state index is 13.1. The zero-order valence-corrected chi connectivity index (χ0v) is 15.3. The number of carbonyl (C=O) groups is 1. The Balaban J connectivity index is 2.01. The van der Waals surface area contributed by atoms with Gasteiger partial charge in [0, 0.05) is 24.7 Å². The number of anilines is 1. The van der Waals surface area contributed by atoms with E-state index in [9.17, 15) is 4.79 Å². The van der Waals surface area contributed by atoms with Crippen molar-refractivity contribution >= 4 is 34.1 Å². The van der Waals surface area contributed by atoms with Gasteiger partial charge in [-0.2, -0.15) is 5.26 Å². The maximum absolute atomic E-state index is 13.1. The molecule has 0 aliphatic carbocycles. The molecule has 132 valence electrons. The summed E-state index contributed by atoms with van der Waals surface area (Å²) in [7, 11) is 1.59. The molecule has 0 saturated heterocycles. The van der Waals surface area contributed by atoms with Gasteiger partial charge < -0.3 is 14.6 Å². The van der Waals surface area contributed by atoms with Crippen molar-refractivity contribution in [1.29, 1.82) is 5.26 Å². The van der Waals surface area contributed by atoms with E-state index in [1.54, 1.807) is 36.3 Å².